The molecule has 0 fully saturated rings. The van der Waals surface area contributed by atoms with E-state index < -0.39 is 10.0 Å². The van der Waals surface area contributed by atoms with Crippen LogP contribution < -0.4 is 10.5 Å². The molecule has 0 amide bonds. The lowest BCUT2D eigenvalue weighted by molar-refractivity contribution is 0.320. The van der Waals surface area contributed by atoms with Gasteiger partial charge in [0.05, 0.1) is 15.6 Å². The van der Waals surface area contributed by atoms with Crippen LogP contribution >= 0.6 is 11.6 Å². The number of halogens is 1. The zero-order chi connectivity index (χ0) is 16.1. The molecule has 1 aromatic rings. The van der Waals surface area contributed by atoms with Crippen LogP contribution in [-0.4, -0.2) is 15.0 Å². The van der Waals surface area contributed by atoms with Gasteiger partial charge < -0.3 is 5.73 Å². The summed E-state index contributed by atoms with van der Waals surface area (Å²) < 4.78 is 27.2. The highest BCUT2D eigenvalue weighted by molar-refractivity contribution is 7.89. The number of rotatable bonds is 8. The summed E-state index contributed by atoms with van der Waals surface area (Å²) in [5.41, 5.74) is 5.85. The molecule has 0 aromatic heterocycles. The second-order valence-electron chi connectivity index (χ2n) is 6.13. The van der Waals surface area contributed by atoms with Gasteiger partial charge >= 0.3 is 0 Å². The fourth-order valence-electron chi connectivity index (χ4n) is 2.00. The Morgan fingerprint density at radius 2 is 1.95 bits per heavy atom. The van der Waals surface area contributed by atoms with Gasteiger partial charge in [-0.1, -0.05) is 51.6 Å². The maximum atomic E-state index is 12.3. The molecule has 0 aliphatic rings. The first kappa shape index (κ1) is 18.3. The molecule has 0 atom stereocenters. The minimum atomic E-state index is -3.55. The van der Waals surface area contributed by atoms with Gasteiger partial charge in [0, 0.05) is 6.54 Å². The molecule has 120 valence electrons. The van der Waals surface area contributed by atoms with Crippen LogP contribution in [0.2, 0.25) is 5.02 Å². The first-order valence-corrected chi connectivity index (χ1v) is 9.09. The highest BCUT2D eigenvalue weighted by atomic mass is 35.5. The number of sulfonamides is 1. The molecule has 21 heavy (non-hydrogen) atoms. The van der Waals surface area contributed by atoms with E-state index in [9.17, 15) is 8.42 Å². The number of hydrogen-bond acceptors (Lipinski definition) is 3. The molecule has 0 radical (unpaired) electrons. The third-order valence-corrected chi connectivity index (χ3v) is 5.22. The fourth-order valence-corrected chi connectivity index (χ4v) is 3.40. The van der Waals surface area contributed by atoms with Crippen molar-refractivity contribution in [3.8, 4) is 0 Å². The zero-order valence-electron chi connectivity index (χ0n) is 12.9. The molecule has 4 nitrogen and oxygen atoms in total. The smallest absolute Gasteiger partial charge is 0.240 e. The summed E-state index contributed by atoms with van der Waals surface area (Å²) >= 11 is 5.81. The Hall–Kier alpha value is -0.780. The van der Waals surface area contributed by atoms with E-state index in [0.29, 0.717) is 11.6 Å². The molecular formula is C15H25ClN2O2S. The van der Waals surface area contributed by atoms with E-state index in [1.165, 1.54) is 24.6 Å². The SMILES string of the molecule is CCCCCC(C)(C)CNS(=O)(=O)c1ccc(Cl)c(N)c1. The molecule has 1 rings (SSSR count). The van der Waals surface area contributed by atoms with Crippen molar-refractivity contribution in [1.82, 2.24) is 4.72 Å². The molecule has 0 saturated carbocycles. The van der Waals surface area contributed by atoms with Crippen LogP contribution in [0, 0.1) is 5.41 Å². The molecule has 0 saturated heterocycles. The maximum Gasteiger partial charge on any atom is 0.240 e. The molecule has 1 aromatic carbocycles. The van der Waals surface area contributed by atoms with Gasteiger partial charge in [0.15, 0.2) is 0 Å². The lowest BCUT2D eigenvalue weighted by Gasteiger charge is -2.25. The molecule has 0 heterocycles. The summed E-state index contributed by atoms with van der Waals surface area (Å²) in [6.45, 7) is 6.70. The lowest BCUT2D eigenvalue weighted by atomic mass is 9.87. The Kier molecular flexibility index (Phi) is 6.50. The van der Waals surface area contributed by atoms with Gasteiger partial charge in [0.2, 0.25) is 10.0 Å². The molecule has 0 unspecified atom stereocenters. The van der Waals surface area contributed by atoms with Gasteiger partial charge in [-0.15, -0.1) is 0 Å². The van der Waals surface area contributed by atoms with Crippen molar-refractivity contribution in [3.63, 3.8) is 0 Å². The second kappa shape index (κ2) is 7.47. The van der Waals surface area contributed by atoms with E-state index in [2.05, 4.69) is 25.5 Å². The predicted molar refractivity (Wildman–Crippen MR) is 89.0 cm³/mol. The summed E-state index contributed by atoms with van der Waals surface area (Å²) in [5, 5.41) is 0.355. The largest absolute Gasteiger partial charge is 0.397 e. The molecule has 3 N–H and O–H groups in total. The van der Waals surface area contributed by atoms with Gasteiger partial charge in [-0.3, -0.25) is 0 Å². The average Bonchev–Trinajstić information content (AvgIpc) is 2.40. The summed E-state index contributed by atoms with van der Waals surface area (Å²) in [7, 11) is -3.55. The Labute approximate surface area is 133 Å². The number of nitrogen functional groups attached to an aromatic ring is 1. The van der Waals surface area contributed by atoms with Crippen molar-refractivity contribution < 1.29 is 8.42 Å². The van der Waals surface area contributed by atoms with Crippen molar-refractivity contribution in [2.45, 2.75) is 51.3 Å². The van der Waals surface area contributed by atoms with Crippen LogP contribution in [-0.2, 0) is 10.0 Å². The maximum absolute atomic E-state index is 12.3. The quantitative estimate of drug-likeness (QED) is 0.561. The average molecular weight is 333 g/mol. The van der Waals surface area contributed by atoms with Gasteiger partial charge in [-0.2, -0.15) is 0 Å². The lowest BCUT2D eigenvalue weighted by Crippen LogP contribution is -2.34. The Morgan fingerprint density at radius 3 is 2.52 bits per heavy atom. The van der Waals surface area contributed by atoms with Crippen molar-refractivity contribution in [2.24, 2.45) is 5.41 Å². The number of anilines is 1. The second-order valence-corrected chi connectivity index (χ2v) is 8.30. The summed E-state index contributed by atoms with van der Waals surface area (Å²) in [6, 6.07) is 4.34. The zero-order valence-corrected chi connectivity index (χ0v) is 14.5. The van der Waals surface area contributed by atoms with Gasteiger partial charge in [0.25, 0.3) is 0 Å². The number of nitrogens with two attached hydrogens (primary N) is 1. The highest BCUT2D eigenvalue weighted by Gasteiger charge is 2.22. The molecule has 0 aliphatic carbocycles. The molecule has 0 aliphatic heterocycles. The number of benzene rings is 1. The van der Waals surface area contributed by atoms with Crippen molar-refractivity contribution >= 4 is 27.3 Å². The summed E-state index contributed by atoms with van der Waals surface area (Å²) in [5.74, 6) is 0. The van der Waals surface area contributed by atoms with E-state index in [1.54, 1.807) is 0 Å². The molecule has 0 spiro atoms. The van der Waals surface area contributed by atoms with E-state index in [-0.39, 0.29) is 16.0 Å². The van der Waals surface area contributed by atoms with Crippen LogP contribution in [0.25, 0.3) is 0 Å². The van der Waals surface area contributed by atoms with Crippen LogP contribution in [0.5, 0.6) is 0 Å². The normalized spacial score (nSPS) is 12.6. The van der Waals surface area contributed by atoms with Crippen LogP contribution in [0.3, 0.4) is 0 Å². The van der Waals surface area contributed by atoms with Crippen molar-refractivity contribution in [2.75, 3.05) is 12.3 Å². The number of nitrogens with one attached hydrogen (secondary N) is 1. The van der Waals surface area contributed by atoms with Crippen LogP contribution in [0.4, 0.5) is 5.69 Å². The van der Waals surface area contributed by atoms with Gasteiger partial charge in [-0.05, 0) is 30.0 Å². The number of unbranched alkanes of at least 4 members (excludes halogenated alkanes) is 2. The Balaban J connectivity index is 2.70. The first-order valence-electron chi connectivity index (χ1n) is 7.23. The van der Waals surface area contributed by atoms with Gasteiger partial charge in [-0.25, -0.2) is 13.1 Å². The summed E-state index contributed by atoms with van der Waals surface area (Å²) in [6.07, 6.45) is 4.43. The predicted octanol–water partition coefficient (Wildman–Crippen LogP) is 3.81. The standard InChI is InChI=1S/C15H25ClN2O2S/c1-4-5-6-9-15(2,3)11-18-21(19,20)12-7-8-13(16)14(17)10-12/h7-8,10,18H,4-6,9,11,17H2,1-3H3. The van der Waals surface area contributed by atoms with Gasteiger partial charge in [0.1, 0.15) is 0 Å². The summed E-state index contributed by atoms with van der Waals surface area (Å²) in [4.78, 5) is 0.147. The minimum Gasteiger partial charge on any atom is -0.397 e. The first-order chi connectivity index (χ1) is 9.68. The monoisotopic (exact) mass is 332 g/mol. The van der Waals surface area contributed by atoms with E-state index in [1.807, 2.05) is 0 Å². The fraction of sp³-hybridized carbons (Fsp3) is 0.600. The molecular weight excluding hydrogens is 308 g/mol. The third kappa shape index (κ3) is 5.85. The van der Waals surface area contributed by atoms with Crippen molar-refractivity contribution in [3.05, 3.63) is 23.2 Å². The van der Waals surface area contributed by atoms with E-state index in [0.717, 1.165) is 19.3 Å². The van der Waals surface area contributed by atoms with E-state index >= 15 is 0 Å². The third-order valence-electron chi connectivity index (χ3n) is 3.48. The van der Waals surface area contributed by atoms with Crippen LogP contribution in [0.15, 0.2) is 23.1 Å². The Morgan fingerprint density at radius 1 is 1.29 bits per heavy atom. The van der Waals surface area contributed by atoms with E-state index in [4.69, 9.17) is 17.3 Å². The topological polar surface area (TPSA) is 72.2 Å². The molecule has 0 bridgehead atoms. The van der Waals surface area contributed by atoms with Crippen LogP contribution in [0.1, 0.15) is 46.5 Å². The highest BCUT2D eigenvalue weighted by Crippen LogP contribution is 2.25. The number of hydrogen-bond donors (Lipinski definition) is 2. The minimum absolute atomic E-state index is 0.0692. The molecule has 6 heteroatoms. The van der Waals surface area contributed by atoms with Crippen molar-refractivity contribution in [1.29, 1.82) is 0 Å². The Bertz CT molecular complexity index is 571.